The SMILES string of the molecule is COc1ccc(Cl)cc1-c1cc(C)[nH]c(=S)n1. The van der Waals surface area contributed by atoms with Gasteiger partial charge in [0, 0.05) is 16.3 Å². The van der Waals surface area contributed by atoms with Gasteiger partial charge in [0.1, 0.15) is 5.75 Å². The summed E-state index contributed by atoms with van der Waals surface area (Å²) in [5.41, 5.74) is 2.54. The van der Waals surface area contributed by atoms with Gasteiger partial charge in [0.05, 0.1) is 12.8 Å². The van der Waals surface area contributed by atoms with Crippen molar-refractivity contribution < 1.29 is 4.74 Å². The van der Waals surface area contributed by atoms with E-state index in [2.05, 4.69) is 9.97 Å². The number of halogens is 1. The number of aromatic amines is 1. The summed E-state index contributed by atoms with van der Waals surface area (Å²) in [5.74, 6) is 0.724. The Morgan fingerprint density at radius 3 is 2.76 bits per heavy atom. The van der Waals surface area contributed by atoms with E-state index < -0.39 is 0 Å². The standard InChI is InChI=1S/C12H11ClN2OS/c1-7-5-10(15-12(17)14-7)9-6-8(13)3-4-11(9)16-2/h3-6H,1-2H3,(H,14,15,17). The first kappa shape index (κ1) is 12.1. The molecule has 0 fully saturated rings. The van der Waals surface area contributed by atoms with E-state index in [1.54, 1.807) is 13.2 Å². The Kier molecular flexibility index (Phi) is 3.45. The van der Waals surface area contributed by atoms with Crippen molar-refractivity contribution in [1.29, 1.82) is 0 Å². The molecular formula is C12H11ClN2OS. The van der Waals surface area contributed by atoms with E-state index in [1.807, 2.05) is 25.1 Å². The predicted octanol–water partition coefficient (Wildman–Crippen LogP) is 3.78. The number of hydrogen-bond acceptors (Lipinski definition) is 3. The molecule has 0 atom stereocenters. The summed E-state index contributed by atoms with van der Waals surface area (Å²) < 4.78 is 5.74. The lowest BCUT2D eigenvalue weighted by Crippen LogP contribution is -1.93. The summed E-state index contributed by atoms with van der Waals surface area (Å²) in [6, 6.07) is 7.32. The van der Waals surface area contributed by atoms with Crippen molar-refractivity contribution in [3.05, 3.63) is 39.8 Å². The smallest absolute Gasteiger partial charge is 0.197 e. The highest BCUT2D eigenvalue weighted by atomic mass is 35.5. The van der Waals surface area contributed by atoms with Crippen molar-refractivity contribution in [1.82, 2.24) is 9.97 Å². The molecule has 1 heterocycles. The molecule has 0 aliphatic carbocycles. The van der Waals surface area contributed by atoms with Crippen LogP contribution in [0.4, 0.5) is 0 Å². The minimum atomic E-state index is 0.446. The monoisotopic (exact) mass is 266 g/mol. The molecule has 0 aliphatic rings. The highest BCUT2D eigenvalue weighted by Gasteiger charge is 2.08. The Hall–Kier alpha value is -1.39. The number of nitrogens with zero attached hydrogens (tertiary/aromatic N) is 1. The zero-order valence-corrected chi connectivity index (χ0v) is 11.0. The molecule has 0 unspecified atom stereocenters. The lowest BCUT2D eigenvalue weighted by Gasteiger charge is -2.08. The second kappa shape index (κ2) is 4.85. The summed E-state index contributed by atoms with van der Waals surface area (Å²) in [5, 5.41) is 0.638. The second-order valence-electron chi connectivity index (χ2n) is 3.60. The second-order valence-corrected chi connectivity index (χ2v) is 4.42. The van der Waals surface area contributed by atoms with E-state index in [4.69, 9.17) is 28.6 Å². The van der Waals surface area contributed by atoms with Crippen LogP contribution in [-0.4, -0.2) is 17.1 Å². The van der Waals surface area contributed by atoms with Gasteiger partial charge in [-0.15, -0.1) is 0 Å². The normalized spacial score (nSPS) is 10.3. The van der Waals surface area contributed by atoms with Crippen molar-refractivity contribution in [3.63, 3.8) is 0 Å². The van der Waals surface area contributed by atoms with Crippen LogP contribution in [0.5, 0.6) is 5.75 Å². The van der Waals surface area contributed by atoms with E-state index in [1.165, 1.54) is 0 Å². The third kappa shape index (κ3) is 2.65. The number of hydrogen-bond donors (Lipinski definition) is 1. The first-order valence-corrected chi connectivity index (χ1v) is 5.80. The Morgan fingerprint density at radius 1 is 1.35 bits per heavy atom. The Balaban J connectivity index is 2.66. The molecule has 2 rings (SSSR count). The summed E-state index contributed by atoms with van der Waals surface area (Å²) in [6.07, 6.45) is 0. The lowest BCUT2D eigenvalue weighted by molar-refractivity contribution is 0.416. The van der Waals surface area contributed by atoms with Crippen molar-refractivity contribution in [2.45, 2.75) is 6.92 Å². The molecule has 0 spiro atoms. The number of ether oxygens (including phenoxy) is 1. The van der Waals surface area contributed by atoms with Crippen LogP contribution in [0.15, 0.2) is 24.3 Å². The zero-order chi connectivity index (χ0) is 12.4. The minimum Gasteiger partial charge on any atom is -0.496 e. The Bertz CT molecular complexity index is 610. The van der Waals surface area contributed by atoms with Crippen LogP contribution in [0, 0.1) is 11.7 Å². The molecule has 0 radical (unpaired) electrons. The summed E-state index contributed by atoms with van der Waals surface area (Å²) in [7, 11) is 1.61. The van der Waals surface area contributed by atoms with Gasteiger partial charge < -0.3 is 9.72 Å². The van der Waals surface area contributed by atoms with Crippen LogP contribution in [0.25, 0.3) is 11.3 Å². The van der Waals surface area contributed by atoms with E-state index in [0.717, 1.165) is 22.7 Å². The van der Waals surface area contributed by atoms with Crippen molar-refractivity contribution in [2.24, 2.45) is 0 Å². The summed E-state index contributed by atoms with van der Waals surface area (Å²) in [4.78, 5) is 7.24. The molecule has 5 heteroatoms. The molecular weight excluding hydrogens is 256 g/mol. The van der Waals surface area contributed by atoms with Crippen molar-refractivity contribution in [2.75, 3.05) is 7.11 Å². The number of benzene rings is 1. The third-order valence-corrected chi connectivity index (χ3v) is 2.75. The lowest BCUT2D eigenvalue weighted by atomic mass is 10.1. The fourth-order valence-corrected chi connectivity index (χ4v) is 2.03. The third-order valence-electron chi connectivity index (χ3n) is 2.32. The first-order valence-electron chi connectivity index (χ1n) is 5.02. The average Bonchev–Trinajstić information content (AvgIpc) is 2.27. The maximum absolute atomic E-state index is 5.99. The van der Waals surface area contributed by atoms with Crippen LogP contribution >= 0.6 is 23.8 Å². The highest BCUT2D eigenvalue weighted by Crippen LogP contribution is 2.31. The number of nitrogens with one attached hydrogen (secondary N) is 1. The van der Waals surface area contributed by atoms with Crippen molar-refractivity contribution in [3.8, 4) is 17.0 Å². The van der Waals surface area contributed by atoms with Crippen LogP contribution in [0.3, 0.4) is 0 Å². The summed E-state index contributed by atoms with van der Waals surface area (Å²) in [6.45, 7) is 1.93. The molecule has 0 saturated carbocycles. The largest absolute Gasteiger partial charge is 0.496 e. The van der Waals surface area contributed by atoms with Gasteiger partial charge in [-0.3, -0.25) is 0 Å². The van der Waals surface area contributed by atoms with Gasteiger partial charge >= 0.3 is 0 Å². The van der Waals surface area contributed by atoms with Gasteiger partial charge in [-0.05, 0) is 43.4 Å². The van der Waals surface area contributed by atoms with E-state index >= 15 is 0 Å². The highest BCUT2D eigenvalue weighted by molar-refractivity contribution is 7.71. The summed E-state index contributed by atoms with van der Waals surface area (Å²) >= 11 is 11.0. The maximum Gasteiger partial charge on any atom is 0.197 e. The van der Waals surface area contributed by atoms with Gasteiger partial charge in [0.15, 0.2) is 4.77 Å². The van der Waals surface area contributed by atoms with Crippen LogP contribution in [0.1, 0.15) is 5.69 Å². The molecule has 3 nitrogen and oxygen atoms in total. The van der Waals surface area contributed by atoms with Gasteiger partial charge in [0.2, 0.25) is 0 Å². The molecule has 2 aromatic rings. The molecule has 88 valence electrons. The van der Waals surface area contributed by atoms with E-state index in [0.29, 0.717) is 9.79 Å². The molecule has 17 heavy (non-hydrogen) atoms. The number of aryl methyl sites for hydroxylation is 1. The van der Waals surface area contributed by atoms with Gasteiger partial charge in [0.25, 0.3) is 0 Å². The Labute approximate surface area is 109 Å². The Morgan fingerprint density at radius 2 is 2.12 bits per heavy atom. The van der Waals surface area contributed by atoms with Crippen LogP contribution in [0.2, 0.25) is 5.02 Å². The fraction of sp³-hybridized carbons (Fsp3) is 0.167. The maximum atomic E-state index is 5.99. The van der Waals surface area contributed by atoms with E-state index in [-0.39, 0.29) is 0 Å². The quantitative estimate of drug-likeness (QED) is 0.841. The molecule has 0 bridgehead atoms. The van der Waals surface area contributed by atoms with Crippen LogP contribution in [-0.2, 0) is 0 Å². The van der Waals surface area contributed by atoms with E-state index in [9.17, 15) is 0 Å². The van der Waals surface area contributed by atoms with Gasteiger partial charge in [-0.1, -0.05) is 11.6 Å². The number of aromatic nitrogens is 2. The van der Waals surface area contributed by atoms with Crippen molar-refractivity contribution >= 4 is 23.8 Å². The average molecular weight is 267 g/mol. The topological polar surface area (TPSA) is 37.9 Å². The number of methoxy groups -OCH3 is 1. The fourth-order valence-electron chi connectivity index (χ4n) is 1.60. The molecule has 0 aliphatic heterocycles. The van der Waals surface area contributed by atoms with Gasteiger partial charge in [-0.25, -0.2) is 4.98 Å². The number of rotatable bonds is 2. The zero-order valence-electron chi connectivity index (χ0n) is 9.45. The molecule has 0 amide bonds. The predicted molar refractivity (Wildman–Crippen MR) is 71.2 cm³/mol. The molecule has 1 aromatic heterocycles. The molecule has 1 aromatic carbocycles. The minimum absolute atomic E-state index is 0.446. The molecule has 0 saturated heterocycles. The van der Waals surface area contributed by atoms with Gasteiger partial charge in [-0.2, -0.15) is 0 Å². The number of H-pyrrole nitrogens is 1. The molecule has 1 N–H and O–H groups in total. The van der Waals surface area contributed by atoms with Crippen LogP contribution < -0.4 is 4.74 Å². The first-order chi connectivity index (χ1) is 8.10.